The minimum Gasteiger partial charge on any atom is -0.465 e. The maximum atomic E-state index is 13.4. The normalized spacial score (nSPS) is 16.8. The van der Waals surface area contributed by atoms with Gasteiger partial charge in [-0.25, -0.2) is 21.6 Å². The molecule has 1 aromatic carbocycles. The maximum Gasteiger partial charge on any atom is 0.416 e. The van der Waals surface area contributed by atoms with Gasteiger partial charge in [-0.15, -0.1) is 0 Å². The van der Waals surface area contributed by atoms with E-state index in [0.717, 1.165) is 6.07 Å². The number of sulfone groups is 1. The molecule has 0 saturated carbocycles. The van der Waals surface area contributed by atoms with Crippen LogP contribution in [0.15, 0.2) is 34.2 Å². The summed E-state index contributed by atoms with van der Waals surface area (Å²) in [5.41, 5.74) is -0.271. The van der Waals surface area contributed by atoms with Gasteiger partial charge in [0, 0.05) is 11.3 Å². The van der Waals surface area contributed by atoms with Crippen LogP contribution in [0.2, 0.25) is 0 Å². The number of halogens is 3. The predicted molar refractivity (Wildman–Crippen MR) is 114 cm³/mol. The van der Waals surface area contributed by atoms with Crippen molar-refractivity contribution >= 4 is 25.8 Å². The first-order chi connectivity index (χ1) is 15.8. The largest absolute Gasteiger partial charge is 0.465 e. The molecule has 188 valence electrons. The second kappa shape index (κ2) is 9.66. The standard InChI is InChI=1S/C20H24F3N3O6S2/c1-3-32-19(27)12-26-18-7-5-6-17(16(18)11-24-26)25-34(30,31)15-9-13(20(21,22)23)8-14(10-15)33(28,29)4-2/h8-11,17,25H,3-7,12H2,1-2H3/t17-/m1/s1. The van der Waals surface area contributed by atoms with Crippen molar-refractivity contribution in [1.29, 1.82) is 0 Å². The lowest BCUT2D eigenvalue weighted by atomic mass is 9.94. The van der Waals surface area contributed by atoms with E-state index in [1.807, 2.05) is 0 Å². The summed E-state index contributed by atoms with van der Waals surface area (Å²) in [5, 5.41) is 4.13. The molecule has 0 bridgehead atoms. The number of hydrogen-bond donors (Lipinski definition) is 1. The summed E-state index contributed by atoms with van der Waals surface area (Å²) in [6.07, 6.45) is -2.14. The number of ether oxygens (including phenoxy) is 1. The predicted octanol–water partition coefficient (Wildman–Crippen LogP) is 2.61. The number of hydrogen-bond acceptors (Lipinski definition) is 7. The van der Waals surface area contributed by atoms with Gasteiger partial charge < -0.3 is 4.74 Å². The first-order valence-electron chi connectivity index (χ1n) is 10.5. The molecule has 9 nitrogen and oxygen atoms in total. The highest BCUT2D eigenvalue weighted by atomic mass is 32.2. The topological polar surface area (TPSA) is 124 Å². The second-order valence-electron chi connectivity index (χ2n) is 7.67. The summed E-state index contributed by atoms with van der Waals surface area (Å²) < 4.78 is 99.4. The molecule has 1 aliphatic rings. The maximum absolute atomic E-state index is 13.4. The fourth-order valence-corrected chi connectivity index (χ4v) is 6.04. The van der Waals surface area contributed by atoms with Crippen molar-refractivity contribution in [2.75, 3.05) is 12.4 Å². The van der Waals surface area contributed by atoms with Gasteiger partial charge in [0.15, 0.2) is 9.84 Å². The molecule has 0 amide bonds. The summed E-state index contributed by atoms with van der Waals surface area (Å²) in [5.74, 6) is -1.00. The number of nitrogens with zero attached hydrogens (tertiary/aromatic N) is 2. The van der Waals surface area contributed by atoms with E-state index in [-0.39, 0.29) is 13.2 Å². The molecule has 0 unspecified atom stereocenters. The van der Waals surface area contributed by atoms with Crippen LogP contribution in [0.3, 0.4) is 0 Å². The number of fused-ring (bicyclic) bond motifs is 1. The fraction of sp³-hybridized carbons (Fsp3) is 0.500. The Morgan fingerprint density at radius 1 is 1.18 bits per heavy atom. The molecule has 0 saturated heterocycles. The zero-order chi connectivity index (χ0) is 25.3. The number of esters is 1. The first kappa shape index (κ1) is 26.2. The highest BCUT2D eigenvalue weighted by Crippen LogP contribution is 2.35. The van der Waals surface area contributed by atoms with Crippen molar-refractivity contribution in [2.45, 2.75) is 61.7 Å². The highest BCUT2D eigenvalue weighted by Gasteiger charge is 2.35. The number of rotatable bonds is 8. The Balaban J connectivity index is 1.97. The number of carbonyl (C=O) groups excluding carboxylic acids is 1. The molecule has 1 N–H and O–H groups in total. The van der Waals surface area contributed by atoms with E-state index >= 15 is 0 Å². The first-order valence-corrected chi connectivity index (χ1v) is 13.6. The van der Waals surface area contributed by atoms with Crippen LogP contribution < -0.4 is 4.72 Å². The van der Waals surface area contributed by atoms with Crippen LogP contribution in [0, 0.1) is 0 Å². The molecule has 3 rings (SSSR count). The third-order valence-electron chi connectivity index (χ3n) is 5.40. The van der Waals surface area contributed by atoms with Gasteiger partial charge in [0.05, 0.1) is 40.0 Å². The Labute approximate surface area is 195 Å². The van der Waals surface area contributed by atoms with E-state index in [9.17, 15) is 34.8 Å². The molecule has 0 aliphatic heterocycles. The van der Waals surface area contributed by atoms with Crippen molar-refractivity contribution in [3.05, 3.63) is 41.2 Å². The van der Waals surface area contributed by atoms with E-state index in [1.54, 1.807) is 6.92 Å². The fourth-order valence-electron chi connectivity index (χ4n) is 3.70. The molecule has 1 aliphatic carbocycles. The van der Waals surface area contributed by atoms with Gasteiger partial charge in [0.25, 0.3) is 0 Å². The van der Waals surface area contributed by atoms with Gasteiger partial charge in [0.2, 0.25) is 10.0 Å². The lowest BCUT2D eigenvalue weighted by Gasteiger charge is -2.24. The van der Waals surface area contributed by atoms with Gasteiger partial charge in [0.1, 0.15) is 6.54 Å². The van der Waals surface area contributed by atoms with Gasteiger partial charge in [-0.1, -0.05) is 6.92 Å². The number of sulfonamides is 1. The van der Waals surface area contributed by atoms with E-state index in [1.165, 1.54) is 17.8 Å². The minimum absolute atomic E-state index is 0.158. The SMILES string of the molecule is CCOC(=O)Cn1ncc2c1CCC[C@H]2NS(=O)(=O)c1cc(C(F)(F)F)cc(S(=O)(=O)CC)c1. The number of benzene rings is 1. The van der Waals surface area contributed by atoms with Crippen LogP contribution >= 0.6 is 0 Å². The molecule has 1 atom stereocenters. The Kier molecular flexibility index (Phi) is 7.43. The summed E-state index contributed by atoms with van der Waals surface area (Å²) in [7, 11) is -8.65. The number of aromatic nitrogens is 2. The Morgan fingerprint density at radius 2 is 1.85 bits per heavy atom. The molecule has 0 spiro atoms. The molecular weight excluding hydrogens is 499 g/mol. The Morgan fingerprint density at radius 3 is 2.47 bits per heavy atom. The zero-order valence-electron chi connectivity index (χ0n) is 18.4. The van der Waals surface area contributed by atoms with Crippen LogP contribution in [0.1, 0.15) is 49.6 Å². The van der Waals surface area contributed by atoms with Crippen molar-refractivity contribution < 1.29 is 39.5 Å². The van der Waals surface area contributed by atoms with Gasteiger partial charge in [-0.3, -0.25) is 9.48 Å². The van der Waals surface area contributed by atoms with Crippen LogP contribution in [0.5, 0.6) is 0 Å². The Hall–Kier alpha value is -2.45. The van der Waals surface area contributed by atoms with Crippen molar-refractivity contribution in [1.82, 2.24) is 14.5 Å². The van der Waals surface area contributed by atoms with Crippen LogP contribution in [-0.4, -0.2) is 44.9 Å². The van der Waals surface area contributed by atoms with Crippen LogP contribution in [-0.2, 0) is 48.5 Å². The smallest absolute Gasteiger partial charge is 0.416 e. The molecule has 1 aromatic heterocycles. The third kappa shape index (κ3) is 5.61. The summed E-state index contributed by atoms with van der Waals surface area (Å²) in [4.78, 5) is 10.3. The number of nitrogens with one attached hydrogen (secondary N) is 1. The molecule has 2 aromatic rings. The highest BCUT2D eigenvalue weighted by molar-refractivity contribution is 7.91. The lowest BCUT2D eigenvalue weighted by molar-refractivity contribution is -0.144. The van der Waals surface area contributed by atoms with E-state index < -0.39 is 59.2 Å². The molecule has 14 heteroatoms. The average Bonchev–Trinajstić information content (AvgIpc) is 3.16. The summed E-state index contributed by atoms with van der Waals surface area (Å²) in [6.45, 7) is 2.94. The number of alkyl halides is 3. The van der Waals surface area contributed by atoms with E-state index in [0.29, 0.717) is 42.7 Å². The van der Waals surface area contributed by atoms with Crippen molar-refractivity contribution in [2.24, 2.45) is 0 Å². The van der Waals surface area contributed by atoms with Crippen LogP contribution in [0.25, 0.3) is 0 Å². The molecule has 34 heavy (non-hydrogen) atoms. The average molecular weight is 524 g/mol. The molecular formula is C20H24F3N3O6S2. The monoisotopic (exact) mass is 523 g/mol. The van der Waals surface area contributed by atoms with Gasteiger partial charge >= 0.3 is 12.1 Å². The zero-order valence-corrected chi connectivity index (χ0v) is 20.1. The van der Waals surface area contributed by atoms with Gasteiger partial charge in [-0.05, 0) is 44.4 Å². The van der Waals surface area contributed by atoms with E-state index in [2.05, 4.69) is 9.82 Å². The lowest BCUT2D eigenvalue weighted by Crippen LogP contribution is -2.31. The summed E-state index contributed by atoms with van der Waals surface area (Å²) >= 11 is 0. The second-order valence-corrected chi connectivity index (χ2v) is 11.7. The van der Waals surface area contributed by atoms with Crippen molar-refractivity contribution in [3.8, 4) is 0 Å². The van der Waals surface area contributed by atoms with E-state index in [4.69, 9.17) is 4.74 Å². The van der Waals surface area contributed by atoms with Crippen LogP contribution in [0.4, 0.5) is 13.2 Å². The molecule has 1 heterocycles. The molecule has 0 radical (unpaired) electrons. The van der Waals surface area contributed by atoms with Crippen molar-refractivity contribution in [3.63, 3.8) is 0 Å². The Bertz CT molecular complexity index is 1290. The summed E-state index contributed by atoms with van der Waals surface area (Å²) in [6, 6.07) is 0.746. The third-order valence-corrected chi connectivity index (χ3v) is 8.57. The minimum atomic E-state index is -4.95. The molecule has 0 fully saturated rings. The quantitative estimate of drug-likeness (QED) is 0.528. The number of carbonyl (C=O) groups is 1. The van der Waals surface area contributed by atoms with Gasteiger partial charge in [-0.2, -0.15) is 18.3 Å².